The minimum atomic E-state index is -0.886. The lowest BCUT2D eigenvalue weighted by Gasteiger charge is -2.02. The first-order valence-electron chi connectivity index (χ1n) is 5.88. The molecular formula is C13H10N4O3. The summed E-state index contributed by atoms with van der Waals surface area (Å²) in [6.45, 7) is 0. The van der Waals surface area contributed by atoms with E-state index in [0.29, 0.717) is 22.6 Å². The van der Waals surface area contributed by atoms with Gasteiger partial charge in [0.15, 0.2) is 11.2 Å². The lowest BCUT2D eigenvalue weighted by atomic mass is 10.1. The number of carbonyl (C=O) groups is 1. The molecule has 20 heavy (non-hydrogen) atoms. The zero-order chi connectivity index (χ0) is 14.1. The molecule has 3 rings (SSSR count). The smallest absolute Gasteiger partial charge is 0.307 e. The van der Waals surface area contributed by atoms with Gasteiger partial charge in [-0.25, -0.2) is 9.97 Å². The number of aromatic amines is 2. The van der Waals surface area contributed by atoms with E-state index in [1.54, 1.807) is 24.3 Å². The predicted octanol–water partition coefficient (Wildman–Crippen LogP) is 0.940. The molecule has 0 fully saturated rings. The molecule has 0 aliphatic heterocycles. The third-order valence-corrected chi connectivity index (χ3v) is 2.87. The molecule has 0 aliphatic rings. The fourth-order valence-electron chi connectivity index (χ4n) is 1.94. The van der Waals surface area contributed by atoms with Gasteiger partial charge in [-0.05, 0) is 5.56 Å². The number of imidazole rings is 1. The van der Waals surface area contributed by atoms with Gasteiger partial charge in [-0.15, -0.1) is 0 Å². The van der Waals surface area contributed by atoms with E-state index >= 15 is 0 Å². The number of aromatic nitrogens is 4. The number of carboxylic acids is 1. The lowest BCUT2D eigenvalue weighted by molar-refractivity contribution is -0.136. The van der Waals surface area contributed by atoms with Crippen molar-refractivity contribution in [1.82, 2.24) is 19.9 Å². The molecular weight excluding hydrogens is 260 g/mol. The molecule has 7 nitrogen and oxygen atoms in total. The Morgan fingerprint density at radius 2 is 2.00 bits per heavy atom. The molecule has 0 saturated heterocycles. The normalized spacial score (nSPS) is 10.8. The molecule has 0 radical (unpaired) electrons. The monoisotopic (exact) mass is 270 g/mol. The highest BCUT2D eigenvalue weighted by Crippen LogP contribution is 2.16. The Kier molecular flexibility index (Phi) is 2.79. The summed E-state index contributed by atoms with van der Waals surface area (Å²) in [4.78, 5) is 36.0. The first-order chi connectivity index (χ1) is 9.63. The second-order valence-corrected chi connectivity index (χ2v) is 4.28. The van der Waals surface area contributed by atoms with Crippen molar-refractivity contribution in [2.45, 2.75) is 6.42 Å². The van der Waals surface area contributed by atoms with E-state index < -0.39 is 5.97 Å². The summed E-state index contributed by atoms with van der Waals surface area (Å²) in [6, 6.07) is 6.83. The summed E-state index contributed by atoms with van der Waals surface area (Å²) in [7, 11) is 0. The van der Waals surface area contributed by atoms with Crippen molar-refractivity contribution in [1.29, 1.82) is 0 Å². The zero-order valence-corrected chi connectivity index (χ0v) is 10.3. The number of hydrogen-bond donors (Lipinski definition) is 3. The van der Waals surface area contributed by atoms with Gasteiger partial charge < -0.3 is 15.1 Å². The first-order valence-corrected chi connectivity index (χ1v) is 5.88. The van der Waals surface area contributed by atoms with E-state index in [1.807, 2.05) is 0 Å². The average Bonchev–Trinajstić information content (AvgIpc) is 2.87. The van der Waals surface area contributed by atoms with E-state index in [9.17, 15) is 9.59 Å². The van der Waals surface area contributed by atoms with Crippen LogP contribution in [-0.4, -0.2) is 31.0 Å². The van der Waals surface area contributed by atoms with Crippen LogP contribution in [0.4, 0.5) is 0 Å². The Morgan fingerprint density at radius 3 is 2.70 bits per heavy atom. The molecule has 0 spiro atoms. The van der Waals surface area contributed by atoms with Gasteiger partial charge in [0.25, 0.3) is 5.56 Å². The maximum absolute atomic E-state index is 11.8. The number of carboxylic acid groups (broad SMARTS) is 1. The van der Waals surface area contributed by atoms with Gasteiger partial charge in [0, 0.05) is 5.56 Å². The number of nitrogens with one attached hydrogen (secondary N) is 2. The quantitative estimate of drug-likeness (QED) is 0.655. The second kappa shape index (κ2) is 4.61. The number of benzene rings is 1. The maximum atomic E-state index is 11.8. The van der Waals surface area contributed by atoms with Gasteiger partial charge in [0.05, 0.1) is 12.7 Å². The van der Waals surface area contributed by atoms with Crippen molar-refractivity contribution in [3.8, 4) is 11.4 Å². The Labute approximate surface area is 112 Å². The van der Waals surface area contributed by atoms with Crippen LogP contribution in [-0.2, 0) is 11.2 Å². The lowest BCUT2D eigenvalue weighted by Crippen LogP contribution is -2.09. The van der Waals surface area contributed by atoms with E-state index in [-0.39, 0.29) is 17.5 Å². The molecule has 3 N–H and O–H groups in total. The Hall–Kier alpha value is -2.96. The summed E-state index contributed by atoms with van der Waals surface area (Å²) in [5.74, 6) is -0.475. The topological polar surface area (TPSA) is 112 Å². The van der Waals surface area contributed by atoms with Crippen molar-refractivity contribution < 1.29 is 9.90 Å². The average molecular weight is 270 g/mol. The minimum absolute atomic E-state index is 0.0379. The van der Waals surface area contributed by atoms with Crippen molar-refractivity contribution in [2.24, 2.45) is 0 Å². The number of rotatable bonds is 3. The zero-order valence-electron chi connectivity index (χ0n) is 10.3. The number of nitrogens with zero attached hydrogens (tertiary/aromatic N) is 2. The molecule has 0 saturated carbocycles. The van der Waals surface area contributed by atoms with E-state index in [1.165, 1.54) is 6.33 Å². The van der Waals surface area contributed by atoms with Crippen molar-refractivity contribution in [3.63, 3.8) is 0 Å². The first kappa shape index (κ1) is 12.1. The van der Waals surface area contributed by atoms with Crippen LogP contribution >= 0.6 is 0 Å². The fourth-order valence-corrected chi connectivity index (χ4v) is 1.94. The third-order valence-electron chi connectivity index (χ3n) is 2.87. The van der Waals surface area contributed by atoms with Gasteiger partial charge in [-0.2, -0.15) is 0 Å². The van der Waals surface area contributed by atoms with Gasteiger partial charge in [0.1, 0.15) is 5.82 Å². The van der Waals surface area contributed by atoms with Crippen LogP contribution in [0.1, 0.15) is 5.56 Å². The van der Waals surface area contributed by atoms with Crippen LogP contribution in [0.3, 0.4) is 0 Å². The third kappa shape index (κ3) is 2.16. The van der Waals surface area contributed by atoms with Crippen LogP contribution in [0.15, 0.2) is 35.4 Å². The van der Waals surface area contributed by atoms with Crippen molar-refractivity contribution >= 4 is 17.1 Å². The molecule has 7 heteroatoms. The SMILES string of the molecule is O=C(O)Cc1ccc(-c2nc3[nH]cnc3c(=O)[nH]2)cc1. The minimum Gasteiger partial charge on any atom is -0.481 e. The Morgan fingerprint density at radius 1 is 1.25 bits per heavy atom. The largest absolute Gasteiger partial charge is 0.481 e. The highest BCUT2D eigenvalue weighted by atomic mass is 16.4. The fraction of sp³-hybridized carbons (Fsp3) is 0.0769. The predicted molar refractivity (Wildman–Crippen MR) is 71.3 cm³/mol. The van der Waals surface area contributed by atoms with Gasteiger partial charge >= 0.3 is 5.97 Å². The maximum Gasteiger partial charge on any atom is 0.307 e. The van der Waals surface area contributed by atoms with Gasteiger partial charge in [-0.1, -0.05) is 24.3 Å². The molecule has 1 aromatic carbocycles. The van der Waals surface area contributed by atoms with E-state index in [0.717, 1.165) is 0 Å². The Bertz CT molecular complexity index is 833. The summed E-state index contributed by atoms with van der Waals surface area (Å²) in [5.41, 5.74) is 1.74. The summed E-state index contributed by atoms with van der Waals surface area (Å²) < 4.78 is 0. The summed E-state index contributed by atoms with van der Waals surface area (Å²) in [5, 5.41) is 8.71. The standard InChI is InChI=1S/C13H10N4O3/c18-9(19)5-7-1-3-8(4-2-7)11-16-12-10(13(20)17-11)14-6-15-12/h1-4,6H,5H2,(H,18,19)(H2,14,15,16,17,20). The molecule has 2 heterocycles. The highest BCUT2D eigenvalue weighted by Gasteiger charge is 2.08. The van der Waals surface area contributed by atoms with E-state index in [4.69, 9.17) is 5.11 Å². The Balaban J connectivity index is 2.02. The molecule has 0 bridgehead atoms. The van der Waals surface area contributed by atoms with Crippen LogP contribution < -0.4 is 5.56 Å². The van der Waals surface area contributed by atoms with Gasteiger partial charge in [0.2, 0.25) is 0 Å². The van der Waals surface area contributed by atoms with Crippen LogP contribution in [0.25, 0.3) is 22.6 Å². The van der Waals surface area contributed by atoms with Crippen molar-refractivity contribution in [2.75, 3.05) is 0 Å². The van der Waals surface area contributed by atoms with Crippen LogP contribution in [0.2, 0.25) is 0 Å². The number of H-pyrrole nitrogens is 2. The molecule has 100 valence electrons. The van der Waals surface area contributed by atoms with Crippen LogP contribution in [0, 0.1) is 0 Å². The summed E-state index contributed by atoms with van der Waals surface area (Å²) in [6.07, 6.45) is 1.37. The summed E-state index contributed by atoms with van der Waals surface area (Å²) >= 11 is 0. The van der Waals surface area contributed by atoms with E-state index in [2.05, 4.69) is 19.9 Å². The second-order valence-electron chi connectivity index (χ2n) is 4.28. The van der Waals surface area contributed by atoms with Gasteiger partial charge in [-0.3, -0.25) is 9.59 Å². The number of fused-ring (bicyclic) bond motifs is 1. The number of hydrogen-bond acceptors (Lipinski definition) is 4. The molecule has 0 aliphatic carbocycles. The molecule has 0 amide bonds. The van der Waals surface area contributed by atoms with Crippen molar-refractivity contribution in [3.05, 3.63) is 46.5 Å². The molecule has 0 atom stereocenters. The highest BCUT2D eigenvalue weighted by molar-refractivity contribution is 5.72. The molecule has 2 aromatic heterocycles. The van der Waals surface area contributed by atoms with Crippen LogP contribution in [0.5, 0.6) is 0 Å². The molecule has 3 aromatic rings. The number of aliphatic carboxylic acids is 1. The molecule has 0 unspecified atom stereocenters.